The van der Waals surface area contributed by atoms with E-state index < -0.39 is 5.97 Å². The van der Waals surface area contributed by atoms with Gasteiger partial charge in [-0.15, -0.1) is 0 Å². The fourth-order valence-electron chi connectivity index (χ4n) is 4.69. The summed E-state index contributed by atoms with van der Waals surface area (Å²) in [5, 5.41) is 1.21. The summed E-state index contributed by atoms with van der Waals surface area (Å²) in [5.74, 6) is 0.449. The number of carbonyl (C=O) groups is 1. The summed E-state index contributed by atoms with van der Waals surface area (Å²) in [5.41, 5.74) is 5.03. The number of halogens is 2. The third kappa shape index (κ3) is 5.97. The highest BCUT2D eigenvalue weighted by Gasteiger charge is 2.22. The number of methoxy groups -OCH3 is 1. The van der Waals surface area contributed by atoms with E-state index in [0.717, 1.165) is 43.4 Å². The zero-order valence-electron chi connectivity index (χ0n) is 21.1. The number of rotatable bonds is 7. The van der Waals surface area contributed by atoms with Crippen LogP contribution in [-0.4, -0.2) is 44.2 Å². The summed E-state index contributed by atoms with van der Waals surface area (Å²) in [6.07, 6.45) is 0. The van der Waals surface area contributed by atoms with Crippen molar-refractivity contribution in [1.82, 2.24) is 4.90 Å². The summed E-state index contributed by atoms with van der Waals surface area (Å²) >= 11 is 12.4. The highest BCUT2D eigenvalue weighted by Crippen LogP contribution is 2.34. The Kier molecular flexibility index (Phi) is 8.18. The van der Waals surface area contributed by atoms with Crippen LogP contribution >= 0.6 is 23.2 Å². The Morgan fingerprint density at radius 2 is 1.53 bits per heavy atom. The van der Waals surface area contributed by atoms with E-state index in [0.29, 0.717) is 22.1 Å². The topological polar surface area (TPSA) is 42.0 Å². The lowest BCUT2D eigenvalue weighted by Gasteiger charge is -2.36. The van der Waals surface area contributed by atoms with Gasteiger partial charge in [0, 0.05) is 49.5 Å². The van der Waals surface area contributed by atoms with Crippen LogP contribution in [0.2, 0.25) is 10.0 Å². The van der Waals surface area contributed by atoms with Gasteiger partial charge in [-0.3, -0.25) is 4.90 Å². The average molecular weight is 547 g/mol. The Bertz CT molecular complexity index is 1420. The van der Waals surface area contributed by atoms with Gasteiger partial charge in [-0.05, 0) is 53.1 Å². The fraction of sp³-hybridized carbons (Fsp3) is 0.194. The second kappa shape index (κ2) is 11.9. The van der Waals surface area contributed by atoms with Gasteiger partial charge in [0.15, 0.2) is 0 Å². The molecule has 7 heteroatoms. The van der Waals surface area contributed by atoms with E-state index in [9.17, 15) is 4.79 Å². The van der Waals surface area contributed by atoms with Gasteiger partial charge in [0.25, 0.3) is 0 Å². The zero-order valence-corrected chi connectivity index (χ0v) is 22.6. The lowest BCUT2D eigenvalue weighted by Crippen LogP contribution is -2.46. The third-order valence-corrected chi connectivity index (χ3v) is 7.30. The van der Waals surface area contributed by atoms with E-state index in [1.165, 1.54) is 23.8 Å². The van der Waals surface area contributed by atoms with Crippen molar-refractivity contribution in [3.63, 3.8) is 0 Å². The molecule has 0 unspecified atom stereocenters. The first-order valence-electron chi connectivity index (χ1n) is 12.5. The van der Waals surface area contributed by atoms with Crippen LogP contribution in [0.5, 0.6) is 11.5 Å². The van der Waals surface area contributed by atoms with Crippen LogP contribution in [0.1, 0.15) is 15.9 Å². The Balaban J connectivity index is 1.30. The van der Waals surface area contributed by atoms with Crippen LogP contribution in [0.25, 0.3) is 11.1 Å². The monoisotopic (exact) mass is 546 g/mol. The normalized spacial score (nSPS) is 13.8. The van der Waals surface area contributed by atoms with Crippen molar-refractivity contribution in [2.75, 3.05) is 38.2 Å². The number of nitrogens with zero attached hydrogens (tertiary/aromatic N) is 2. The lowest BCUT2D eigenvalue weighted by atomic mass is 9.99. The van der Waals surface area contributed by atoms with Crippen molar-refractivity contribution in [3.05, 3.63) is 112 Å². The molecule has 0 amide bonds. The molecule has 0 aliphatic carbocycles. The van der Waals surface area contributed by atoms with Crippen LogP contribution in [0, 0.1) is 0 Å². The molecule has 0 atom stereocenters. The molecule has 1 heterocycles. The predicted octanol–water partition coefficient (Wildman–Crippen LogP) is 7.56. The Labute approximate surface area is 233 Å². The molecule has 0 bridgehead atoms. The SMILES string of the molecule is COC(=O)c1ccc(N2CCN(Cc3ccccc3-c3ccc(Cl)cc3)CC2)cc1Oc1ccccc1Cl. The maximum absolute atomic E-state index is 12.4. The molecule has 4 aromatic carbocycles. The van der Waals surface area contributed by atoms with E-state index in [4.69, 9.17) is 32.7 Å². The number of ether oxygens (including phenoxy) is 2. The van der Waals surface area contributed by atoms with Crippen LogP contribution in [0.3, 0.4) is 0 Å². The summed E-state index contributed by atoms with van der Waals surface area (Å²) < 4.78 is 11.0. The maximum Gasteiger partial charge on any atom is 0.341 e. The Hall–Kier alpha value is -3.51. The summed E-state index contributed by atoms with van der Waals surface area (Å²) in [4.78, 5) is 17.2. The molecule has 38 heavy (non-hydrogen) atoms. The highest BCUT2D eigenvalue weighted by molar-refractivity contribution is 6.32. The molecule has 0 N–H and O–H groups in total. The van der Waals surface area contributed by atoms with E-state index in [2.05, 4.69) is 46.2 Å². The lowest BCUT2D eigenvalue weighted by molar-refractivity contribution is 0.0598. The van der Waals surface area contributed by atoms with Crippen molar-refractivity contribution in [3.8, 4) is 22.6 Å². The molecule has 194 valence electrons. The second-order valence-corrected chi connectivity index (χ2v) is 9.98. The van der Waals surface area contributed by atoms with Crippen molar-refractivity contribution >= 4 is 34.9 Å². The first kappa shape index (κ1) is 26.1. The van der Waals surface area contributed by atoms with Crippen LogP contribution in [0.15, 0.2) is 91.0 Å². The fourth-order valence-corrected chi connectivity index (χ4v) is 4.99. The van der Waals surface area contributed by atoms with Crippen molar-refractivity contribution in [2.24, 2.45) is 0 Å². The number of benzene rings is 4. The maximum atomic E-state index is 12.4. The van der Waals surface area contributed by atoms with Gasteiger partial charge in [0.05, 0.1) is 12.1 Å². The molecule has 0 saturated carbocycles. The molecule has 0 radical (unpaired) electrons. The standard InChI is InChI=1S/C31H28Cl2N2O3/c1-37-31(36)27-15-14-25(20-30(27)38-29-9-5-4-8-28(29)33)35-18-16-34(17-19-35)21-23-6-2-3-7-26(23)22-10-12-24(32)13-11-22/h2-15,20H,16-19,21H2,1H3. The van der Waals surface area contributed by atoms with Gasteiger partial charge in [0.2, 0.25) is 0 Å². The van der Waals surface area contributed by atoms with Gasteiger partial charge in [0.1, 0.15) is 17.1 Å². The zero-order chi connectivity index (χ0) is 26.5. The van der Waals surface area contributed by atoms with Crippen LogP contribution in [-0.2, 0) is 11.3 Å². The smallest absolute Gasteiger partial charge is 0.341 e. The van der Waals surface area contributed by atoms with Crippen molar-refractivity contribution < 1.29 is 14.3 Å². The molecule has 1 saturated heterocycles. The van der Waals surface area contributed by atoms with E-state index in [-0.39, 0.29) is 0 Å². The number of piperazine rings is 1. The van der Waals surface area contributed by atoms with Gasteiger partial charge in [-0.2, -0.15) is 0 Å². The van der Waals surface area contributed by atoms with Crippen LogP contribution in [0.4, 0.5) is 5.69 Å². The molecular weight excluding hydrogens is 519 g/mol. The van der Waals surface area contributed by atoms with E-state index in [1.807, 2.05) is 36.4 Å². The van der Waals surface area contributed by atoms with Crippen molar-refractivity contribution in [2.45, 2.75) is 6.54 Å². The van der Waals surface area contributed by atoms with Gasteiger partial charge < -0.3 is 14.4 Å². The number of para-hydroxylation sites is 1. The number of hydrogen-bond donors (Lipinski definition) is 0. The Morgan fingerprint density at radius 3 is 2.26 bits per heavy atom. The molecule has 1 aliphatic heterocycles. The average Bonchev–Trinajstić information content (AvgIpc) is 2.95. The molecule has 1 fully saturated rings. The number of carbonyl (C=O) groups excluding carboxylic acids is 1. The van der Waals surface area contributed by atoms with Gasteiger partial charge in [-0.25, -0.2) is 4.79 Å². The van der Waals surface area contributed by atoms with Gasteiger partial charge in [-0.1, -0.05) is 71.7 Å². The molecular formula is C31H28Cl2N2O3. The number of esters is 1. The summed E-state index contributed by atoms with van der Waals surface area (Å²) in [6, 6.07) is 29.3. The van der Waals surface area contributed by atoms with E-state index in [1.54, 1.807) is 18.2 Å². The summed E-state index contributed by atoms with van der Waals surface area (Å²) in [6.45, 7) is 4.40. The molecule has 4 aromatic rings. The first-order valence-corrected chi connectivity index (χ1v) is 13.2. The number of hydrogen-bond acceptors (Lipinski definition) is 5. The quantitative estimate of drug-likeness (QED) is 0.224. The largest absolute Gasteiger partial charge is 0.465 e. The minimum atomic E-state index is -0.456. The molecule has 5 rings (SSSR count). The summed E-state index contributed by atoms with van der Waals surface area (Å²) in [7, 11) is 1.36. The third-order valence-electron chi connectivity index (χ3n) is 6.73. The molecule has 5 nitrogen and oxygen atoms in total. The molecule has 1 aliphatic rings. The molecule has 0 spiro atoms. The second-order valence-electron chi connectivity index (χ2n) is 9.13. The predicted molar refractivity (Wildman–Crippen MR) is 154 cm³/mol. The highest BCUT2D eigenvalue weighted by atomic mass is 35.5. The number of anilines is 1. The Morgan fingerprint density at radius 1 is 0.816 bits per heavy atom. The van der Waals surface area contributed by atoms with Crippen molar-refractivity contribution in [1.29, 1.82) is 0 Å². The van der Waals surface area contributed by atoms with Crippen LogP contribution < -0.4 is 9.64 Å². The minimum Gasteiger partial charge on any atom is -0.465 e. The van der Waals surface area contributed by atoms with E-state index >= 15 is 0 Å². The molecule has 0 aromatic heterocycles. The first-order chi connectivity index (χ1) is 18.5. The minimum absolute atomic E-state index is 0.355. The van der Waals surface area contributed by atoms with Gasteiger partial charge >= 0.3 is 5.97 Å².